The first-order valence-electron chi connectivity index (χ1n) is 33.5. The zero-order valence-electron chi connectivity index (χ0n) is 63.8. The van der Waals surface area contributed by atoms with Crippen LogP contribution in [0.5, 0.6) is 34.5 Å². The summed E-state index contributed by atoms with van der Waals surface area (Å²) in [7, 11) is 4.83. The molecule has 0 fully saturated rings. The Balaban J connectivity index is 0.000000398. The quantitative estimate of drug-likeness (QED) is 0.00193. The Morgan fingerprint density at radius 1 is 0.520 bits per heavy atom. The Labute approximate surface area is 678 Å². The topological polar surface area (TPSA) is 546 Å². The van der Waals surface area contributed by atoms with Gasteiger partial charge in [-0.05, 0) is 99.6 Å². The van der Waals surface area contributed by atoms with Crippen molar-refractivity contribution in [2.75, 3.05) is 75.9 Å². The number of Topliss-reactive ketones (excluding diaryl/α,β-unsaturated/α-hetero) is 1. The lowest BCUT2D eigenvalue weighted by molar-refractivity contribution is -0.384. The Hall–Kier alpha value is -15.4. The molecule has 39 nitrogen and oxygen atoms in total. The number of pyridine rings is 3. The van der Waals surface area contributed by atoms with E-state index in [2.05, 4.69) is 69.5 Å². The summed E-state index contributed by atoms with van der Waals surface area (Å²) in [6, 6.07) is 21.9. The van der Waals surface area contributed by atoms with Crippen molar-refractivity contribution in [2.24, 2.45) is 10.4 Å². The lowest BCUT2D eigenvalue weighted by Gasteiger charge is -2.10. The molecule has 0 atom stereocenters. The molecular weight excluding hydrogens is 1710 g/mol. The minimum absolute atomic E-state index is 0.0285. The molecule has 5 heterocycles. The van der Waals surface area contributed by atoms with Gasteiger partial charge in [0.05, 0.1) is 66.4 Å². The molecule has 0 bridgehead atoms. The van der Waals surface area contributed by atoms with Crippen molar-refractivity contribution in [2.45, 2.75) is 71.9 Å². The second kappa shape index (κ2) is 46.1. The second-order valence-electron chi connectivity index (χ2n) is 22.1. The summed E-state index contributed by atoms with van der Waals surface area (Å²) in [5.74, 6) is -13.2. The van der Waals surface area contributed by atoms with Crippen molar-refractivity contribution in [3.63, 3.8) is 0 Å². The van der Waals surface area contributed by atoms with Crippen LogP contribution >= 0.6 is 0 Å². The number of nitro groups is 2. The average molecular weight is 1770 g/mol. The number of imidazole rings is 2. The van der Waals surface area contributed by atoms with Crippen LogP contribution < -0.4 is 35.9 Å². The molecule has 664 valence electrons. The highest BCUT2D eigenvalue weighted by molar-refractivity contribution is 5.98. The number of nitrogens with one attached hydrogen (secondary N) is 4. The Kier molecular flexibility index (Phi) is 38.2. The summed E-state index contributed by atoms with van der Waals surface area (Å²) in [4.78, 5) is 138. The van der Waals surface area contributed by atoms with Crippen molar-refractivity contribution in [3.05, 3.63) is 191 Å². The summed E-state index contributed by atoms with van der Waals surface area (Å²) in [5, 5.41) is 60.9. The normalized spacial score (nSPS) is 11.4. The van der Waals surface area contributed by atoms with Crippen LogP contribution in [0.25, 0.3) is 23.0 Å². The molecule has 0 amide bonds. The highest BCUT2D eigenvalue weighted by Crippen LogP contribution is 2.40. The van der Waals surface area contributed by atoms with Gasteiger partial charge >= 0.3 is 60.7 Å². The number of alkyl halides is 15. The van der Waals surface area contributed by atoms with Gasteiger partial charge in [-0.15, -0.1) is 9.81 Å². The standard InChI is InChI=1S/C19H16F3N5O6.C19H18F3N5O3.C13H11N3O4.2C6H6F3NO4.C6H7F3O3/c1-3-32-18(28)15-16(19(20,21)22)26(29)17(25-15)13-8-11(6-7-24-13)33-10-4-5-12(23-2)14(9-10)27(30)31;1-3-29-18(28)15-16(19(20,21)22)27-17(26-15)14-9-11(6-7-25-14)30-10-4-5-13(24-2)12(23)8-10;1-14-12-3-2-10(7-13(12)16(18)19)20-11-4-5-15-9(6-11)8-17;2*1-2-14-5(12)3(10-13)4(11)6(7,8)9;1-2-12-5(11)3-4(10)6(7,8)9/h4-9,23,29H,3H2,1-2H3;4-9,24H,3,23H2,1-2H3,(H,26,27);2-8,14H,1H3;2*11H,2H2,1H3;2-3H2,1H3. The molecule has 0 spiro atoms. The molecule has 0 aliphatic rings. The number of nitro benzene ring substituents is 2. The van der Waals surface area contributed by atoms with Crippen LogP contribution in [0.3, 0.4) is 0 Å². The van der Waals surface area contributed by atoms with E-state index in [9.17, 15) is 135 Å². The maximum Gasteiger partial charge on any atom is 0.451 e. The first kappa shape index (κ1) is 102. The van der Waals surface area contributed by atoms with E-state index in [0.29, 0.717) is 40.7 Å². The number of aldehydes is 1. The predicted octanol–water partition coefficient (Wildman–Crippen LogP) is 15.2. The maximum absolute atomic E-state index is 13.4. The zero-order chi connectivity index (χ0) is 93.2. The number of aliphatic hydroxyl groups excluding tert-OH is 2. The van der Waals surface area contributed by atoms with Gasteiger partial charge in [0.15, 0.2) is 40.7 Å². The van der Waals surface area contributed by atoms with Crippen LogP contribution in [-0.4, -0.2) is 175 Å². The van der Waals surface area contributed by atoms with Crippen LogP contribution in [0.1, 0.15) is 83.9 Å². The molecule has 0 unspecified atom stereocenters. The van der Waals surface area contributed by atoms with E-state index in [-0.39, 0.29) is 89.2 Å². The van der Waals surface area contributed by atoms with Gasteiger partial charge in [-0.25, -0.2) is 29.1 Å². The molecule has 3 aromatic carbocycles. The van der Waals surface area contributed by atoms with Gasteiger partial charge in [0.25, 0.3) is 11.4 Å². The number of aromatic nitrogens is 7. The third-order valence-corrected chi connectivity index (χ3v) is 13.8. The second-order valence-corrected chi connectivity index (χ2v) is 22.1. The predicted molar refractivity (Wildman–Crippen MR) is 390 cm³/mol. The lowest BCUT2D eigenvalue weighted by Crippen LogP contribution is -2.26. The van der Waals surface area contributed by atoms with Crippen molar-refractivity contribution < 1.29 is 163 Å². The van der Waals surface area contributed by atoms with E-state index >= 15 is 0 Å². The molecule has 9 N–H and O–H groups in total. The minimum Gasteiger partial charge on any atom is -0.502 e. The number of hydrogen-bond acceptors (Lipinski definition) is 35. The van der Waals surface area contributed by atoms with Crippen molar-refractivity contribution in [1.82, 2.24) is 34.6 Å². The number of allylic oxidation sites excluding steroid dienone is 2. The molecule has 0 aliphatic heterocycles. The molecule has 0 saturated carbocycles. The van der Waals surface area contributed by atoms with Crippen LogP contribution in [-0.2, 0) is 55.2 Å². The van der Waals surface area contributed by atoms with E-state index < -0.39 is 134 Å². The number of aliphatic hydroxyl groups is 2. The fraction of sp³-hybridized carbons (Fsp3) is 0.275. The molecular formula is C69H64F15N15O24. The smallest absolute Gasteiger partial charge is 0.451 e. The number of rotatable bonds is 27. The van der Waals surface area contributed by atoms with Crippen LogP contribution in [0, 0.1) is 30.0 Å². The number of nitroso groups, excluding NO2 is 2. The summed E-state index contributed by atoms with van der Waals surface area (Å²) in [5.41, 5.74) is -0.993. The van der Waals surface area contributed by atoms with Gasteiger partial charge in [0, 0.05) is 64.0 Å². The molecule has 0 saturated heterocycles. The minimum atomic E-state index is -5.20. The van der Waals surface area contributed by atoms with Gasteiger partial charge in [-0.1, -0.05) is 0 Å². The number of benzene rings is 3. The van der Waals surface area contributed by atoms with Crippen molar-refractivity contribution in [1.29, 1.82) is 0 Å². The number of anilines is 4. The Morgan fingerprint density at radius 3 is 1.28 bits per heavy atom. The number of hydrogen-bond donors (Lipinski definition) is 8. The van der Waals surface area contributed by atoms with E-state index in [0.717, 1.165) is 24.0 Å². The Bertz CT molecular complexity index is 5100. The monoisotopic (exact) mass is 1770 g/mol. The van der Waals surface area contributed by atoms with Crippen LogP contribution in [0.4, 0.5) is 100.0 Å². The molecule has 123 heavy (non-hydrogen) atoms. The SMILES string of the molecule is CCOC(=O)C(N=O)=C(O)C(F)(F)F.CCOC(=O)C(N=O)=C(O)C(F)(F)F.CCOC(=O)CC(=O)C(F)(F)F.CCOC(=O)c1nc(-c2cc(Oc3ccc(NC)c(N)c3)ccn2)[nH]c1C(F)(F)F.CCOC(=O)c1nc(-c2cc(Oc3ccc(NC)c([N+](=O)[O-])c3)ccn2)n(O)c1C(F)(F)F.CNc1ccc(Oc2ccnc(C=O)c2)cc1[N+](=O)[O-]. The van der Waals surface area contributed by atoms with E-state index in [4.69, 9.17) is 30.2 Å². The van der Waals surface area contributed by atoms with Gasteiger partial charge in [-0.3, -0.25) is 49.6 Å². The zero-order valence-corrected chi connectivity index (χ0v) is 63.8. The maximum atomic E-state index is 13.4. The first-order chi connectivity index (χ1) is 57.5. The molecule has 5 aromatic heterocycles. The number of carbonyl (C=O) groups is 7. The fourth-order valence-corrected chi connectivity index (χ4v) is 8.56. The number of aromatic amines is 1. The number of esters is 5. The average Bonchev–Trinajstić information content (AvgIpc) is 1.72. The van der Waals surface area contributed by atoms with Crippen LogP contribution in [0.2, 0.25) is 0 Å². The first-order valence-corrected chi connectivity index (χ1v) is 33.5. The number of nitrogens with two attached hydrogens (primary N) is 1. The summed E-state index contributed by atoms with van der Waals surface area (Å²) >= 11 is 0. The van der Waals surface area contributed by atoms with Crippen LogP contribution in [0.15, 0.2) is 143 Å². The van der Waals surface area contributed by atoms with E-state index in [1.54, 1.807) is 60.8 Å². The summed E-state index contributed by atoms with van der Waals surface area (Å²) < 4.78 is 223. The largest absolute Gasteiger partial charge is 0.502 e. The Morgan fingerprint density at radius 2 is 0.911 bits per heavy atom. The lowest BCUT2D eigenvalue weighted by atomic mass is 10.2. The number of halogens is 15. The van der Waals surface area contributed by atoms with Crippen molar-refractivity contribution in [3.8, 4) is 57.5 Å². The molecule has 8 aromatic rings. The number of carbonyl (C=O) groups excluding carboxylic acids is 7. The van der Waals surface area contributed by atoms with Gasteiger partial charge in [0.1, 0.15) is 69.4 Å². The number of H-pyrrole nitrogens is 1. The van der Waals surface area contributed by atoms with Gasteiger partial charge in [-0.2, -0.15) is 70.6 Å². The molecule has 0 aliphatic carbocycles. The number of nitrogens with zero attached hydrogens (tertiary/aromatic N) is 10. The highest BCUT2D eigenvalue weighted by atomic mass is 19.4. The third kappa shape index (κ3) is 30.8. The third-order valence-electron chi connectivity index (χ3n) is 13.8. The number of ether oxygens (including phenoxy) is 8. The number of nitrogen functional groups attached to an aromatic ring is 1. The van der Waals surface area contributed by atoms with Crippen molar-refractivity contribution >= 4 is 76.0 Å². The molecule has 0 radical (unpaired) electrons. The number of ketones is 1. The summed E-state index contributed by atoms with van der Waals surface area (Å²) in [6.07, 6.45) is -22.0. The highest BCUT2D eigenvalue weighted by Gasteiger charge is 2.46. The summed E-state index contributed by atoms with van der Waals surface area (Å²) in [6.45, 7) is 6.18. The molecule has 54 heteroatoms. The van der Waals surface area contributed by atoms with E-state index in [1.807, 2.05) is 0 Å². The van der Waals surface area contributed by atoms with Gasteiger partial charge < -0.3 is 80.0 Å². The van der Waals surface area contributed by atoms with E-state index in [1.165, 1.54) is 96.5 Å². The fourth-order valence-electron chi connectivity index (χ4n) is 8.56. The van der Waals surface area contributed by atoms with Gasteiger partial charge in [0.2, 0.25) is 28.7 Å². The molecule has 8 rings (SSSR count).